The number of hydrogen-bond donors (Lipinski definition) is 1. The van der Waals surface area contributed by atoms with Crippen LogP contribution in [0.2, 0.25) is 5.02 Å². The molecule has 1 aliphatic carbocycles. The molecule has 0 aromatic heterocycles. The molecule has 0 spiro atoms. The molecule has 2 aromatic carbocycles. The van der Waals surface area contributed by atoms with E-state index in [1.54, 1.807) is 0 Å². The second-order valence-electron chi connectivity index (χ2n) is 5.62. The summed E-state index contributed by atoms with van der Waals surface area (Å²) in [4.78, 5) is 0. The van der Waals surface area contributed by atoms with Crippen LogP contribution in [0.3, 0.4) is 0 Å². The van der Waals surface area contributed by atoms with Gasteiger partial charge in [0.1, 0.15) is 6.07 Å². The minimum Gasteiger partial charge on any atom is -0.377 e. The summed E-state index contributed by atoms with van der Waals surface area (Å²) in [6.07, 6.45) is 2.46. The first-order valence-electron chi connectivity index (χ1n) is 7.21. The SMILES string of the molecule is Cc1cccc(NC(c2ccc(Cl)cc2)C2CC2)c1C#N. The van der Waals surface area contributed by atoms with E-state index in [2.05, 4.69) is 23.5 Å². The van der Waals surface area contributed by atoms with Crippen molar-refractivity contribution in [1.82, 2.24) is 0 Å². The van der Waals surface area contributed by atoms with E-state index in [0.717, 1.165) is 21.8 Å². The van der Waals surface area contributed by atoms with Gasteiger partial charge in [0, 0.05) is 5.02 Å². The molecule has 1 fully saturated rings. The first-order chi connectivity index (χ1) is 10.2. The van der Waals surface area contributed by atoms with E-state index >= 15 is 0 Å². The maximum atomic E-state index is 9.37. The van der Waals surface area contributed by atoms with Crippen LogP contribution in [0.25, 0.3) is 0 Å². The van der Waals surface area contributed by atoms with Gasteiger partial charge in [-0.05, 0) is 55.0 Å². The molecule has 3 heteroatoms. The Morgan fingerprint density at radius 3 is 2.52 bits per heavy atom. The van der Waals surface area contributed by atoms with Crippen LogP contribution in [-0.4, -0.2) is 0 Å². The minimum atomic E-state index is 0.246. The van der Waals surface area contributed by atoms with E-state index in [0.29, 0.717) is 5.92 Å². The molecular formula is C18H17ClN2. The van der Waals surface area contributed by atoms with Crippen LogP contribution >= 0.6 is 11.6 Å². The van der Waals surface area contributed by atoms with Gasteiger partial charge in [0.2, 0.25) is 0 Å². The van der Waals surface area contributed by atoms with Crippen molar-refractivity contribution in [1.29, 1.82) is 5.26 Å². The second-order valence-corrected chi connectivity index (χ2v) is 6.06. The normalized spacial score (nSPS) is 15.3. The maximum Gasteiger partial charge on any atom is 0.102 e. The highest BCUT2D eigenvalue weighted by atomic mass is 35.5. The lowest BCUT2D eigenvalue weighted by atomic mass is 10.0. The second kappa shape index (κ2) is 5.79. The molecule has 0 aliphatic heterocycles. The van der Waals surface area contributed by atoms with Crippen LogP contribution in [0, 0.1) is 24.2 Å². The fourth-order valence-electron chi connectivity index (χ4n) is 2.68. The average molecular weight is 297 g/mol. The summed E-state index contributed by atoms with van der Waals surface area (Å²) in [6.45, 7) is 1.97. The zero-order chi connectivity index (χ0) is 14.8. The number of nitrogens with zero attached hydrogens (tertiary/aromatic N) is 1. The molecule has 3 rings (SSSR count). The highest BCUT2D eigenvalue weighted by Gasteiger charge is 2.32. The molecular weight excluding hydrogens is 280 g/mol. The Hall–Kier alpha value is -1.98. The highest BCUT2D eigenvalue weighted by molar-refractivity contribution is 6.30. The number of rotatable bonds is 4. The monoisotopic (exact) mass is 296 g/mol. The van der Waals surface area contributed by atoms with Gasteiger partial charge in [-0.1, -0.05) is 35.9 Å². The Kier molecular flexibility index (Phi) is 3.86. The van der Waals surface area contributed by atoms with Crippen molar-refractivity contribution in [2.75, 3.05) is 5.32 Å². The van der Waals surface area contributed by atoms with Crippen molar-refractivity contribution >= 4 is 17.3 Å². The quantitative estimate of drug-likeness (QED) is 0.853. The van der Waals surface area contributed by atoms with Gasteiger partial charge in [0.05, 0.1) is 17.3 Å². The van der Waals surface area contributed by atoms with Gasteiger partial charge in [0.25, 0.3) is 0 Å². The number of nitriles is 1. The van der Waals surface area contributed by atoms with Crippen LogP contribution in [-0.2, 0) is 0 Å². The van der Waals surface area contributed by atoms with Gasteiger partial charge >= 0.3 is 0 Å². The molecule has 1 saturated carbocycles. The molecule has 1 aliphatic rings. The van der Waals surface area contributed by atoms with Gasteiger partial charge in [0.15, 0.2) is 0 Å². The Bertz CT molecular complexity index is 681. The fraction of sp³-hybridized carbons (Fsp3) is 0.278. The predicted molar refractivity (Wildman–Crippen MR) is 86.4 cm³/mol. The summed E-state index contributed by atoms with van der Waals surface area (Å²) in [5.74, 6) is 0.637. The third kappa shape index (κ3) is 3.04. The molecule has 0 radical (unpaired) electrons. The lowest BCUT2D eigenvalue weighted by Gasteiger charge is -2.21. The first kappa shape index (κ1) is 14.0. The molecule has 0 bridgehead atoms. The van der Waals surface area contributed by atoms with E-state index in [1.165, 1.54) is 18.4 Å². The standard InChI is InChI=1S/C18H17ClN2/c1-12-3-2-4-17(16(12)11-20)21-18(13-5-6-13)14-7-9-15(19)10-8-14/h2-4,7-10,13,18,21H,5-6H2,1H3. The number of benzene rings is 2. The van der Waals surface area contributed by atoms with Crippen molar-refractivity contribution in [2.24, 2.45) is 5.92 Å². The Balaban J connectivity index is 1.92. The van der Waals surface area contributed by atoms with E-state index in [4.69, 9.17) is 11.6 Å². The van der Waals surface area contributed by atoms with Crippen LogP contribution < -0.4 is 5.32 Å². The Morgan fingerprint density at radius 2 is 1.90 bits per heavy atom. The van der Waals surface area contributed by atoms with Gasteiger partial charge in [-0.3, -0.25) is 0 Å². The predicted octanol–water partition coefficient (Wildman–Crippen LogP) is 5.08. The van der Waals surface area contributed by atoms with Crippen molar-refractivity contribution in [3.05, 3.63) is 64.2 Å². The number of anilines is 1. The summed E-state index contributed by atoms with van der Waals surface area (Å²) in [7, 11) is 0. The molecule has 0 saturated heterocycles. The van der Waals surface area contributed by atoms with Gasteiger partial charge in [-0.15, -0.1) is 0 Å². The molecule has 2 aromatic rings. The maximum absolute atomic E-state index is 9.37. The van der Waals surface area contributed by atoms with Gasteiger partial charge in [-0.25, -0.2) is 0 Å². The lowest BCUT2D eigenvalue weighted by molar-refractivity contribution is 0.679. The molecule has 0 heterocycles. The van der Waals surface area contributed by atoms with Crippen molar-refractivity contribution in [3.8, 4) is 6.07 Å². The topological polar surface area (TPSA) is 35.8 Å². The summed E-state index contributed by atoms with van der Waals surface area (Å²) in [6, 6.07) is 16.5. The van der Waals surface area contributed by atoms with Crippen molar-refractivity contribution in [2.45, 2.75) is 25.8 Å². The largest absolute Gasteiger partial charge is 0.377 e. The lowest BCUT2D eigenvalue weighted by Crippen LogP contribution is -2.14. The highest BCUT2D eigenvalue weighted by Crippen LogP contribution is 2.43. The summed E-state index contributed by atoms with van der Waals surface area (Å²) >= 11 is 5.98. The molecule has 2 nitrogen and oxygen atoms in total. The van der Waals surface area contributed by atoms with Crippen LogP contribution in [0.1, 0.15) is 35.6 Å². The van der Waals surface area contributed by atoms with Gasteiger partial charge < -0.3 is 5.32 Å². The van der Waals surface area contributed by atoms with E-state index in [1.807, 2.05) is 37.3 Å². The van der Waals surface area contributed by atoms with Crippen LogP contribution in [0.5, 0.6) is 0 Å². The number of halogens is 1. The van der Waals surface area contributed by atoms with Crippen molar-refractivity contribution < 1.29 is 0 Å². The van der Waals surface area contributed by atoms with E-state index in [-0.39, 0.29) is 6.04 Å². The number of hydrogen-bond acceptors (Lipinski definition) is 2. The number of aryl methyl sites for hydroxylation is 1. The van der Waals surface area contributed by atoms with E-state index < -0.39 is 0 Å². The fourth-order valence-corrected chi connectivity index (χ4v) is 2.80. The van der Waals surface area contributed by atoms with Gasteiger partial charge in [-0.2, -0.15) is 5.26 Å². The minimum absolute atomic E-state index is 0.246. The summed E-state index contributed by atoms with van der Waals surface area (Å²) in [5.41, 5.74) is 3.89. The summed E-state index contributed by atoms with van der Waals surface area (Å²) < 4.78 is 0. The zero-order valence-electron chi connectivity index (χ0n) is 11.9. The molecule has 21 heavy (non-hydrogen) atoms. The Morgan fingerprint density at radius 1 is 1.19 bits per heavy atom. The third-order valence-electron chi connectivity index (χ3n) is 4.02. The first-order valence-corrected chi connectivity index (χ1v) is 7.58. The van der Waals surface area contributed by atoms with Crippen LogP contribution in [0.15, 0.2) is 42.5 Å². The summed E-state index contributed by atoms with van der Waals surface area (Å²) in [5, 5.41) is 13.7. The average Bonchev–Trinajstić information content (AvgIpc) is 3.30. The van der Waals surface area contributed by atoms with Crippen LogP contribution in [0.4, 0.5) is 5.69 Å². The number of nitrogens with one attached hydrogen (secondary N) is 1. The zero-order valence-corrected chi connectivity index (χ0v) is 12.7. The van der Waals surface area contributed by atoms with E-state index in [9.17, 15) is 5.26 Å². The third-order valence-corrected chi connectivity index (χ3v) is 4.27. The molecule has 1 atom stereocenters. The molecule has 0 amide bonds. The molecule has 1 N–H and O–H groups in total. The smallest absolute Gasteiger partial charge is 0.102 e. The van der Waals surface area contributed by atoms with Crippen molar-refractivity contribution in [3.63, 3.8) is 0 Å². The Labute approximate surface area is 130 Å². The molecule has 106 valence electrons. The molecule has 1 unspecified atom stereocenters.